The molecule has 4 nitrogen and oxygen atoms in total. The normalized spacial score (nSPS) is 15.5. The van der Waals surface area contributed by atoms with Crippen molar-refractivity contribution in [3.8, 4) is 0 Å². The van der Waals surface area contributed by atoms with Gasteiger partial charge in [0.2, 0.25) is 0 Å². The van der Waals surface area contributed by atoms with Gasteiger partial charge in [0.1, 0.15) is 4.90 Å². The molecule has 1 N–H and O–H groups in total. The highest BCUT2D eigenvalue weighted by molar-refractivity contribution is 8.14. The molecule has 2 aromatic carbocycles. The summed E-state index contributed by atoms with van der Waals surface area (Å²) < 4.78 is 28.5. The lowest BCUT2D eigenvalue weighted by atomic mass is 10.1. The molecule has 0 amide bonds. The van der Waals surface area contributed by atoms with Crippen LogP contribution in [0, 0.1) is 20.8 Å². The molecule has 0 saturated heterocycles. The summed E-state index contributed by atoms with van der Waals surface area (Å²) in [7, 11) is -3.63. The summed E-state index contributed by atoms with van der Waals surface area (Å²) in [6, 6.07) is 11.5. The largest absolute Gasteiger partial charge is 0.333 e. The molecule has 0 aliphatic carbocycles. The lowest BCUT2D eigenvalue weighted by molar-refractivity contribution is 0.598. The Morgan fingerprint density at radius 2 is 1.74 bits per heavy atom. The van der Waals surface area contributed by atoms with Crippen LogP contribution in [-0.4, -0.2) is 13.6 Å². The van der Waals surface area contributed by atoms with E-state index in [0.29, 0.717) is 16.6 Å². The van der Waals surface area contributed by atoms with Gasteiger partial charge in [0.15, 0.2) is 5.17 Å². The van der Waals surface area contributed by atoms with Crippen molar-refractivity contribution in [3.63, 3.8) is 0 Å². The first-order chi connectivity index (χ1) is 10.8. The smallest absolute Gasteiger partial charge is 0.286 e. The number of hydrogen-bond acceptors (Lipinski definition) is 4. The Morgan fingerprint density at radius 1 is 1.04 bits per heavy atom. The zero-order valence-electron chi connectivity index (χ0n) is 13.3. The van der Waals surface area contributed by atoms with Crippen molar-refractivity contribution in [1.29, 1.82) is 0 Å². The molecule has 120 valence electrons. The summed E-state index contributed by atoms with van der Waals surface area (Å²) in [5, 5.41) is 3.55. The minimum atomic E-state index is -3.63. The number of hydrogen-bond donors (Lipinski definition) is 1. The van der Waals surface area contributed by atoms with Crippen LogP contribution in [0.4, 0.5) is 5.69 Å². The number of thioether (sulfide) groups is 1. The molecule has 1 aliphatic rings. The maximum Gasteiger partial charge on any atom is 0.286 e. The van der Waals surface area contributed by atoms with Gasteiger partial charge in [-0.05, 0) is 49.6 Å². The van der Waals surface area contributed by atoms with E-state index in [9.17, 15) is 8.42 Å². The van der Waals surface area contributed by atoms with E-state index in [1.807, 2.05) is 19.9 Å². The van der Waals surface area contributed by atoms with Crippen molar-refractivity contribution in [2.75, 3.05) is 5.32 Å². The van der Waals surface area contributed by atoms with Crippen molar-refractivity contribution < 1.29 is 8.42 Å². The van der Waals surface area contributed by atoms with Gasteiger partial charge in [-0.25, -0.2) is 0 Å². The molecular weight excluding hydrogens is 328 g/mol. The van der Waals surface area contributed by atoms with Gasteiger partial charge in [-0.15, -0.1) is 4.40 Å². The molecule has 0 bridgehead atoms. The molecule has 0 aromatic heterocycles. The van der Waals surface area contributed by atoms with E-state index in [0.717, 1.165) is 5.56 Å². The van der Waals surface area contributed by atoms with Gasteiger partial charge in [0.25, 0.3) is 10.0 Å². The molecule has 1 heterocycles. The van der Waals surface area contributed by atoms with Gasteiger partial charge in [-0.1, -0.05) is 41.6 Å². The molecule has 0 unspecified atom stereocenters. The van der Waals surface area contributed by atoms with Crippen LogP contribution >= 0.6 is 11.8 Å². The lowest BCUT2D eigenvalue weighted by Gasteiger charge is -2.18. The van der Waals surface area contributed by atoms with Gasteiger partial charge in [0.05, 0.1) is 5.69 Å². The van der Waals surface area contributed by atoms with Gasteiger partial charge < -0.3 is 5.32 Å². The molecule has 0 atom stereocenters. The minimum Gasteiger partial charge on any atom is -0.333 e. The van der Waals surface area contributed by atoms with Crippen LogP contribution in [0.5, 0.6) is 0 Å². The Bertz CT molecular complexity index is 903. The monoisotopic (exact) mass is 346 g/mol. The summed E-state index contributed by atoms with van der Waals surface area (Å²) in [6.07, 6.45) is 0. The maximum absolute atomic E-state index is 12.3. The zero-order chi connectivity index (χ0) is 16.6. The van der Waals surface area contributed by atoms with E-state index >= 15 is 0 Å². The molecule has 0 saturated carbocycles. The number of nitrogens with one attached hydrogen (secondary N) is 1. The molecule has 0 spiro atoms. The number of anilines is 1. The number of rotatable bonds is 2. The van der Waals surface area contributed by atoms with Crippen LogP contribution in [0.3, 0.4) is 0 Å². The summed E-state index contributed by atoms with van der Waals surface area (Å²) in [6.45, 7) is 6.04. The van der Waals surface area contributed by atoms with Gasteiger partial charge in [0, 0.05) is 5.75 Å². The quantitative estimate of drug-likeness (QED) is 0.892. The number of amidine groups is 1. The number of sulfonamides is 1. The number of aryl methyl sites for hydroxylation is 3. The topological polar surface area (TPSA) is 58.5 Å². The number of benzene rings is 2. The van der Waals surface area contributed by atoms with Crippen molar-refractivity contribution >= 4 is 32.6 Å². The van der Waals surface area contributed by atoms with Crippen LogP contribution in [-0.2, 0) is 15.8 Å². The molecule has 0 fully saturated rings. The third-order valence-electron chi connectivity index (χ3n) is 3.73. The molecule has 23 heavy (non-hydrogen) atoms. The maximum atomic E-state index is 12.3. The van der Waals surface area contributed by atoms with Crippen LogP contribution in [0.15, 0.2) is 45.7 Å². The Labute approximate surface area is 141 Å². The van der Waals surface area contributed by atoms with E-state index in [1.165, 1.54) is 28.5 Å². The Hall–Kier alpha value is -1.79. The van der Waals surface area contributed by atoms with Crippen LogP contribution in [0.1, 0.15) is 22.3 Å². The van der Waals surface area contributed by atoms with E-state index in [4.69, 9.17) is 0 Å². The first-order valence-electron chi connectivity index (χ1n) is 7.27. The Kier molecular flexibility index (Phi) is 4.21. The van der Waals surface area contributed by atoms with Gasteiger partial charge in [-0.2, -0.15) is 8.42 Å². The first kappa shape index (κ1) is 16.1. The van der Waals surface area contributed by atoms with Crippen LogP contribution < -0.4 is 5.32 Å². The average Bonchev–Trinajstić information content (AvgIpc) is 2.47. The molecule has 1 aliphatic heterocycles. The van der Waals surface area contributed by atoms with E-state index in [2.05, 4.69) is 34.8 Å². The van der Waals surface area contributed by atoms with Gasteiger partial charge >= 0.3 is 0 Å². The highest BCUT2D eigenvalue weighted by Gasteiger charge is 2.25. The molecule has 6 heteroatoms. The second-order valence-electron chi connectivity index (χ2n) is 5.71. The highest BCUT2D eigenvalue weighted by Crippen LogP contribution is 2.31. The standard InChI is InChI=1S/C17H18N2O2S2/c1-11-4-6-13(3)14(8-11)10-22-17-18-15-9-12(2)5-7-16(15)23(20,21)19-17/h4-9H,10H2,1-3H3,(H,18,19). The molecular formula is C17H18N2O2S2. The third kappa shape index (κ3) is 3.43. The fourth-order valence-electron chi connectivity index (χ4n) is 2.43. The Morgan fingerprint density at radius 3 is 2.52 bits per heavy atom. The molecule has 2 aromatic rings. The third-order valence-corrected chi connectivity index (χ3v) is 6.10. The van der Waals surface area contributed by atoms with Crippen molar-refractivity contribution in [2.45, 2.75) is 31.4 Å². The highest BCUT2D eigenvalue weighted by atomic mass is 32.2. The summed E-state index contributed by atoms with van der Waals surface area (Å²) in [5.41, 5.74) is 5.18. The second kappa shape index (κ2) is 6.02. The zero-order valence-corrected chi connectivity index (χ0v) is 14.9. The average molecular weight is 346 g/mol. The van der Waals surface area contributed by atoms with E-state index < -0.39 is 10.0 Å². The molecule has 0 radical (unpaired) electrons. The van der Waals surface area contributed by atoms with E-state index in [1.54, 1.807) is 12.1 Å². The van der Waals surface area contributed by atoms with Crippen molar-refractivity contribution in [3.05, 3.63) is 58.7 Å². The SMILES string of the molecule is Cc1ccc(C)c(CSC2=NS(=O)(=O)c3ccc(C)cc3N2)c1. The fourth-order valence-corrected chi connectivity index (χ4v) is 4.71. The minimum absolute atomic E-state index is 0.235. The predicted octanol–water partition coefficient (Wildman–Crippen LogP) is 4.02. The number of fused-ring (bicyclic) bond motifs is 1. The number of nitrogens with zero attached hydrogens (tertiary/aromatic N) is 1. The van der Waals surface area contributed by atoms with Gasteiger partial charge in [-0.3, -0.25) is 0 Å². The van der Waals surface area contributed by atoms with Crippen molar-refractivity contribution in [1.82, 2.24) is 0 Å². The summed E-state index contributed by atoms with van der Waals surface area (Å²) in [4.78, 5) is 0.235. The fraction of sp³-hybridized carbons (Fsp3) is 0.235. The van der Waals surface area contributed by atoms with E-state index in [-0.39, 0.29) is 4.90 Å². The van der Waals surface area contributed by atoms with Crippen LogP contribution in [0.2, 0.25) is 0 Å². The summed E-state index contributed by atoms with van der Waals surface area (Å²) in [5.74, 6) is 0.677. The second-order valence-corrected chi connectivity index (χ2v) is 8.25. The Balaban J connectivity index is 1.85. The summed E-state index contributed by atoms with van der Waals surface area (Å²) >= 11 is 1.40. The van der Waals surface area contributed by atoms with Crippen molar-refractivity contribution in [2.24, 2.45) is 4.40 Å². The predicted molar refractivity (Wildman–Crippen MR) is 96.6 cm³/mol. The van der Waals surface area contributed by atoms with Crippen LogP contribution in [0.25, 0.3) is 0 Å². The first-order valence-corrected chi connectivity index (χ1v) is 9.69. The molecule has 3 rings (SSSR count). The lowest BCUT2D eigenvalue weighted by Crippen LogP contribution is -2.19.